The normalized spacial score (nSPS) is 11.8. The molecular weight excluding hydrogens is 106 g/mol. The van der Waals surface area contributed by atoms with Gasteiger partial charge < -0.3 is 0 Å². The van der Waals surface area contributed by atoms with Crippen LogP contribution in [0.4, 0.5) is 4.53 Å². The number of hydrogen-bond acceptors (Lipinski definition) is 3. The Hall–Kier alpha value is 0.437. The minimum atomic E-state index is -3.83. The van der Waals surface area contributed by atoms with Crippen LogP contribution in [0.15, 0.2) is 0 Å². The second-order valence-corrected chi connectivity index (χ2v) is 2.30. The van der Waals surface area contributed by atoms with Gasteiger partial charge in [0.1, 0.15) is 0 Å². The molecule has 0 aliphatic heterocycles. The SMILES string of the molecule is [Li][S](=O)(=O)OF. The zero-order valence-electron chi connectivity index (χ0n) is 3.01. The fourth-order valence-electron chi connectivity index (χ4n) is 0. The van der Waals surface area contributed by atoms with E-state index in [-0.39, 0.29) is 0 Å². The van der Waals surface area contributed by atoms with Gasteiger partial charge in [0.15, 0.2) is 0 Å². The van der Waals surface area contributed by atoms with E-state index in [1.807, 2.05) is 0 Å². The molecule has 0 heterocycles. The van der Waals surface area contributed by atoms with Crippen LogP contribution in [0.3, 0.4) is 0 Å². The van der Waals surface area contributed by atoms with Gasteiger partial charge in [-0.05, 0) is 0 Å². The summed E-state index contributed by atoms with van der Waals surface area (Å²) in [5.74, 6) is 0. The molecule has 0 spiro atoms. The van der Waals surface area contributed by atoms with Gasteiger partial charge >= 0.3 is 42.1 Å². The first-order chi connectivity index (χ1) is 2.56. The molecule has 0 aliphatic rings. The molecule has 0 amide bonds. The predicted molar refractivity (Wildman–Crippen MR) is 16.9 cm³/mol. The molecule has 0 unspecified atom stereocenters. The van der Waals surface area contributed by atoms with Gasteiger partial charge in [0.05, 0.1) is 0 Å². The third-order valence-corrected chi connectivity index (χ3v) is 0.343. The third kappa shape index (κ3) is 4.44. The Labute approximate surface area is 42.6 Å². The molecule has 6 heavy (non-hydrogen) atoms. The van der Waals surface area contributed by atoms with Crippen LogP contribution in [0.2, 0.25) is 0 Å². The maximum atomic E-state index is 10.4. The average Bonchev–Trinajstić information content (AvgIpc) is 1.35. The van der Waals surface area contributed by atoms with Crippen LogP contribution in [0.5, 0.6) is 0 Å². The molecule has 0 aromatic rings. The molecule has 0 fully saturated rings. The van der Waals surface area contributed by atoms with E-state index in [0.717, 1.165) is 0 Å². The van der Waals surface area contributed by atoms with Crippen LogP contribution in [-0.2, 0) is 12.6 Å². The van der Waals surface area contributed by atoms with Crippen molar-refractivity contribution in [2.24, 2.45) is 0 Å². The summed E-state index contributed by atoms with van der Waals surface area (Å²) in [7, 11) is -3.83. The van der Waals surface area contributed by atoms with Crippen LogP contribution in [0.1, 0.15) is 0 Å². The van der Waals surface area contributed by atoms with Crippen LogP contribution in [-0.4, -0.2) is 24.9 Å². The summed E-state index contributed by atoms with van der Waals surface area (Å²) < 4.78 is 31.6. The van der Waals surface area contributed by atoms with Crippen molar-refractivity contribution in [2.75, 3.05) is 0 Å². The predicted octanol–water partition coefficient (Wildman–Crippen LogP) is -0.699. The van der Waals surface area contributed by atoms with Crippen molar-refractivity contribution in [3.05, 3.63) is 0 Å². The van der Waals surface area contributed by atoms with Crippen molar-refractivity contribution >= 4 is 24.7 Å². The molecule has 0 saturated heterocycles. The fourth-order valence-corrected chi connectivity index (χ4v) is 0. The van der Waals surface area contributed by atoms with Crippen molar-refractivity contribution in [3.63, 3.8) is 0 Å². The molecular formula is FLiO3S. The summed E-state index contributed by atoms with van der Waals surface area (Å²) in [6.07, 6.45) is 0. The minimum absolute atomic E-state index is 0.618. The summed E-state index contributed by atoms with van der Waals surface area (Å²) in [5.41, 5.74) is 0. The Morgan fingerprint density at radius 3 is 1.83 bits per heavy atom. The molecule has 6 heteroatoms. The van der Waals surface area contributed by atoms with E-state index < -0.39 is 8.22 Å². The molecule has 0 aliphatic carbocycles. The van der Waals surface area contributed by atoms with Gasteiger partial charge in [0, 0.05) is 0 Å². The number of rotatable bonds is 1. The number of halogens is 1. The van der Waals surface area contributed by atoms with Crippen LogP contribution < -0.4 is 0 Å². The molecule has 32 valence electrons. The van der Waals surface area contributed by atoms with Gasteiger partial charge in [0.25, 0.3) is 0 Å². The van der Waals surface area contributed by atoms with Crippen molar-refractivity contribution in [2.45, 2.75) is 0 Å². The first kappa shape index (κ1) is 6.44. The van der Waals surface area contributed by atoms with E-state index in [4.69, 9.17) is 0 Å². The molecule has 0 aromatic carbocycles. The zero-order valence-corrected chi connectivity index (χ0v) is 3.83. The second-order valence-electron chi connectivity index (χ2n) is 0.767. The summed E-state index contributed by atoms with van der Waals surface area (Å²) in [4.78, 5) is 0. The quantitative estimate of drug-likeness (QED) is 0.415. The van der Waals surface area contributed by atoms with Crippen molar-refractivity contribution in [1.29, 1.82) is 0 Å². The third-order valence-electron chi connectivity index (χ3n) is 0.114. The molecule has 0 rings (SSSR count). The summed E-state index contributed by atoms with van der Waals surface area (Å²) in [6.45, 7) is 0. The maximum absolute atomic E-state index is 10.4. The van der Waals surface area contributed by atoms with Gasteiger partial charge in [0.2, 0.25) is 0 Å². The summed E-state index contributed by atoms with van der Waals surface area (Å²) in [5, 5.41) is 0. The Kier molecular flexibility index (Phi) is 2.08. The molecule has 0 aromatic heterocycles. The first-order valence-electron chi connectivity index (χ1n) is 1.06. The monoisotopic (exact) mass is 106 g/mol. The van der Waals surface area contributed by atoms with E-state index >= 15 is 0 Å². The van der Waals surface area contributed by atoms with E-state index in [1.165, 1.54) is 0 Å². The Morgan fingerprint density at radius 1 is 1.67 bits per heavy atom. The topological polar surface area (TPSA) is 43.4 Å². The summed E-state index contributed by atoms with van der Waals surface area (Å²) in [6, 6.07) is 0. The van der Waals surface area contributed by atoms with Crippen LogP contribution in [0.25, 0.3) is 0 Å². The molecule has 0 N–H and O–H groups in total. The molecule has 0 radical (unpaired) electrons. The molecule has 3 nitrogen and oxygen atoms in total. The van der Waals surface area contributed by atoms with Gasteiger partial charge in [-0.3, -0.25) is 0 Å². The number of hydrogen-bond donors (Lipinski definition) is 0. The molecule has 0 saturated carbocycles. The molecule has 0 atom stereocenters. The fraction of sp³-hybridized carbons (Fsp3) is 0. The van der Waals surface area contributed by atoms with Crippen LogP contribution >= 0.6 is 0 Å². The van der Waals surface area contributed by atoms with Gasteiger partial charge in [-0.15, -0.1) is 0 Å². The van der Waals surface area contributed by atoms with Crippen molar-refractivity contribution in [3.8, 4) is 0 Å². The second kappa shape index (κ2) is 1.94. The first-order valence-corrected chi connectivity index (χ1v) is 2.88. The van der Waals surface area contributed by atoms with Gasteiger partial charge in [-0.25, -0.2) is 0 Å². The Bertz CT molecular complexity index is 113. The summed E-state index contributed by atoms with van der Waals surface area (Å²) >= 11 is 0.618. The van der Waals surface area contributed by atoms with E-state index in [2.05, 4.69) is 4.39 Å². The van der Waals surface area contributed by atoms with Crippen molar-refractivity contribution in [1.82, 2.24) is 0 Å². The molecule has 0 bridgehead atoms. The zero-order chi connectivity index (χ0) is 5.21. The Morgan fingerprint density at radius 2 is 1.83 bits per heavy atom. The van der Waals surface area contributed by atoms with E-state index in [9.17, 15) is 12.9 Å². The average molecular weight is 106 g/mol. The van der Waals surface area contributed by atoms with E-state index in [1.54, 1.807) is 0 Å². The Balaban J connectivity index is 3.85. The van der Waals surface area contributed by atoms with E-state index in [0.29, 0.717) is 16.5 Å². The van der Waals surface area contributed by atoms with Gasteiger partial charge in [-0.1, -0.05) is 0 Å². The van der Waals surface area contributed by atoms with Gasteiger partial charge in [-0.2, -0.15) is 0 Å². The standard InChI is InChI=1S/FO3S.Li/c1-4-5(2)3;. The van der Waals surface area contributed by atoms with Crippen molar-refractivity contribution < 1.29 is 17.3 Å². The van der Waals surface area contributed by atoms with Crippen LogP contribution in [0, 0.1) is 0 Å².